The summed E-state index contributed by atoms with van der Waals surface area (Å²) in [4.78, 5) is 26.4. The van der Waals surface area contributed by atoms with E-state index in [1.165, 1.54) is 0 Å². The number of piperazine rings is 1. The van der Waals surface area contributed by atoms with Gasteiger partial charge in [-0.2, -0.15) is 0 Å². The van der Waals surface area contributed by atoms with Crippen LogP contribution < -0.4 is 10.2 Å². The van der Waals surface area contributed by atoms with Crippen LogP contribution in [0.15, 0.2) is 30.3 Å². The van der Waals surface area contributed by atoms with Gasteiger partial charge in [-0.25, -0.2) is 0 Å². The van der Waals surface area contributed by atoms with Gasteiger partial charge in [-0.05, 0) is 24.5 Å². The molecule has 0 bridgehead atoms. The van der Waals surface area contributed by atoms with E-state index in [2.05, 4.69) is 5.32 Å². The van der Waals surface area contributed by atoms with Crippen molar-refractivity contribution in [2.24, 2.45) is 5.92 Å². The van der Waals surface area contributed by atoms with Gasteiger partial charge in [0.1, 0.15) is 12.1 Å². The lowest BCUT2D eigenvalue weighted by Gasteiger charge is -2.40. The molecule has 1 aromatic rings. The zero-order valence-corrected chi connectivity index (χ0v) is 11.6. The van der Waals surface area contributed by atoms with E-state index in [1.807, 2.05) is 51.1 Å². The molecule has 4 nitrogen and oxygen atoms in total. The summed E-state index contributed by atoms with van der Waals surface area (Å²) in [5.74, 6) is -0.00206. The van der Waals surface area contributed by atoms with Gasteiger partial charge in [-0.15, -0.1) is 0 Å². The molecule has 0 aromatic heterocycles. The van der Waals surface area contributed by atoms with E-state index < -0.39 is 12.1 Å². The average Bonchev–Trinajstić information content (AvgIpc) is 2.41. The van der Waals surface area contributed by atoms with Crippen LogP contribution in [-0.2, 0) is 9.59 Å². The number of carbonyl (C=O) groups is 2. The Kier molecular flexibility index (Phi) is 3.88. The third-order valence-corrected chi connectivity index (χ3v) is 3.50. The van der Waals surface area contributed by atoms with Gasteiger partial charge in [0.2, 0.25) is 5.91 Å². The molecule has 1 saturated heterocycles. The van der Waals surface area contributed by atoms with Crippen LogP contribution >= 0.6 is 0 Å². The highest BCUT2D eigenvalue weighted by molar-refractivity contribution is 6.08. The highest BCUT2D eigenvalue weighted by Crippen LogP contribution is 2.24. The molecule has 0 radical (unpaired) electrons. The van der Waals surface area contributed by atoms with Crippen molar-refractivity contribution in [2.45, 2.75) is 39.3 Å². The highest BCUT2D eigenvalue weighted by atomic mass is 16.2. The Morgan fingerprint density at radius 3 is 2.37 bits per heavy atom. The lowest BCUT2D eigenvalue weighted by Crippen LogP contribution is -2.64. The van der Waals surface area contributed by atoms with Gasteiger partial charge in [-0.1, -0.05) is 39.0 Å². The number of rotatable bonds is 3. The van der Waals surface area contributed by atoms with Crippen LogP contribution in [0.25, 0.3) is 0 Å². The number of carbonyl (C=O) groups excluding carboxylic acids is 2. The van der Waals surface area contributed by atoms with E-state index in [4.69, 9.17) is 0 Å². The standard InChI is InChI=1S/C15H20N2O2/c1-4-12-14(18)16-13(10(2)3)15(19)17(12)11-8-6-5-7-9-11/h5-10,12-13H,4H2,1-3H3,(H,16,18). The van der Waals surface area contributed by atoms with Crippen molar-refractivity contribution < 1.29 is 9.59 Å². The average molecular weight is 260 g/mol. The first-order valence-electron chi connectivity index (χ1n) is 6.74. The van der Waals surface area contributed by atoms with Crippen LogP contribution in [0.5, 0.6) is 0 Å². The Balaban J connectivity index is 2.40. The third-order valence-electron chi connectivity index (χ3n) is 3.50. The van der Waals surface area contributed by atoms with Crippen LogP contribution in [0.3, 0.4) is 0 Å². The number of anilines is 1. The third kappa shape index (κ3) is 2.48. The first-order chi connectivity index (χ1) is 9.06. The van der Waals surface area contributed by atoms with Crippen LogP contribution in [0.4, 0.5) is 5.69 Å². The molecular weight excluding hydrogens is 240 g/mol. The maximum absolute atomic E-state index is 12.6. The molecule has 1 aliphatic heterocycles. The van der Waals surface area contributed by atoms with E-state index in [0.29, 0.717) is 6.42 Å². The quantitative estimate of drug-likeness (QED) is 0.903. The second-order valence-corrected chi connectivity index (χ2v) is 5.20. The number of nitrogens with zero attached hydrogens (tertiary/aromatic N) is 1. The van der Waals surface area contributed by atoms with Gasteiger partial charge < -0.3 is 5.32 Å². The molecule has 1 heterocycles. The lowest BCUT2D eigenvalue weighted by atomic mass is 9.96. The molecule has 2 unspecified atom stereocenters. The van der Waals surface area contributed by atoms with E-state index in [1.54, 1.807) is 4.90 Å². The Bertz CT molecular complexity index is 470. The van der Waals surface area contributed by atoms with Gasteiger partial charge in [0, 0.05) is 5.69 Å². The molecule has 0 spiro atoms. The fraction of sp³-hybridized carbons (Fsp3) is 0.467. The first-order valence-corrected chi connectivity index (χ1v) is 6.74. The molecule has 2 atom stereocenters. The second-order valence-electron chi connectivity index (χ2n) is 5.20. The predicted octanol–water partition coefficient (Wildman–Crippen LogP) is 1.95. The van der Waals surface area contributed by atoms with E-state index >= 15 is 0 Å². The van der Waals surface area contributed by atoms with Crippen LogP contribution in [-0.4, -0.2) is 23.9 Å². The van der Waals surface area contributed by atoms with Crippen molar-refractivity contribution in [1.82, 2.24) is 5.32 Å². The predicted molar refractivity (Wildman–Crippen MR) is 74.8 cm³/mol. The number of para-hydroxylation sites is 1. The number of hydrogen-bond donors (Lipinski definition) is 1. The molecule has 1 aliphatic rings. The fourth-order valence-electron chi connectivity index (χ4n) is 2.45. The normalized spacial score (nSPS) is 23.7. The SMILES string of the molecule is CCC1C(=O)NC(C(C)C)C(=O)N1c1ccccc1. The summed E-state index contributed by atoms with van der Waals surface area (Å²) < 4.78 is 0. The molecule has 19 heavy (non-hydrogen) atoms. The van der Waals surface area contributed by atoms with Crippen LogP contribution in [0.2, 0.25) is 0 Å². The Morgan fingerprint density at radius 2 is 1.84 bits per heavy atom. The Labute approximate surface area is 113 Å². The van der Waals surface area contributed by atoms with Gasteiger partial charge in [0.05, 0.1) is 0 Å². The van der Waals surface area contributed by atoms with Crippen molar-refractivity contribution >= 4 is 17.5 Å². The van der Waals surface area contributed by atoms with E-state index in [-0.39, 0.29) is 17.7 Å². The summed E-state index contributed by atoms with van der Waals surface area (Å²) in [7, 11) is 0. The van der Waals surface area contributed by atoms with Crippen LogP contribution in [0.1, 0.15) is 27.2 Å². The van der Waals surface area contributed by atoms with Crippen molar-refractivity contribution in [2.75, 3.05) is 4.90 Å². The Hall–Kier alpha value is -1.84. The highest BCUT2D eigenvalue weighted by Gasteiger charge is 2.41. The molecule has 0 saturated carbocycles. The maximum atomic E-state index is 12.6. The van der Waals surface area contributed by atoms with Gasteiger partial charge in [0.15, 0.2) is 0 Å². The van der Waals surface area contributed by atoms with Gasteiger partial charge in [0.25, 0.3) is 5.91 Å². The summed E-state index contributed by atoms with van der Waals surface area (Å²) in [5, 5.41) is 2.84. The summed E-state index contributed by atoms with van der Waals surface area (Å²) >= 11 is 0. The molecule has 2 rings (SSSR count). The van der Waals surface area contributed by atoms with Crippen molar-refractivity contribution in [3.05, 3.63) is 30.3 Å². The number of nitrogens with one attached hydrogen (secondary N) is 1. The van der Waals surface area contributed by atoms with Crippen molar-refractivity contribution in [1.29, 1.82) is 0 Å². The molecule has 102 valence electrons. The molecule has 1 fully saturated rings. The first kappa shape index (κ1) is 13.6. The van der Waals surface area contributed by atoms with Crippen LogP contribution in [0, 0.1) is 5.92 Å². The summed E-state index contributed by atoms with van der Waals surface area (Å²) in [6.07, 6.45) is 0.608. The van der Waals surface area contributed by atoms with E-state index in [0.717, 1.165) is 5.69 Å². The summed E-state index contributed by atoms with van der Waals surface area (Å²) in [6.45, 7) is 5.81. The topological polar surface area (TPSA) is 49.4 Å². The molecular formula is C15H20N2O2. The minimum absolute atomic E-state index is 0.0207. The summed E-state index contributed by atoms with van der Waals surface area (Å²) in [5.41, 5.74) is 0.792. The molecule has 0 aliphatic carbocycles. The van der Waals surface area contributed by atoms with Gasteiger partial charge >= 0.3 is 0 Å². The zero-order chi connectivity index (χ0) is 14.0. The Morgan fingerprint density at radius 1 is 1.21 bits per heavy atom. The minimum atomic E-state index is -0.435. The second kappa shape index (κ2) is 5.43. The minimum Gasteiger partial charge on any atom is -0.342 e. The number of benzene rings is 1. The monoisotopic (exact) mass is 260 g/mol. The summed E-state index contributed by atoms with van der Waals surface area (Å²) in [6, 6.07) is 8.56. The largest absolute Gasteiger partial charge is 0.342 e. The zero-order valence-electron chi connectivity index (χ0n) is 11.6. The van der Waals surface area contributed by atoms with Crippen molar-refractivity contribution in [3.8, 4) is 0 Å². The fourth-order valence-corrected chi connectivity index (χ4v) is 2.45. The number of hydrogen-bond acceptors (Lipinski definition) is 2. The lowest BCUT2D eigenvalue weighted by molar-refractivity contribution is -0.134. The molecule has 2 amide bonds. The number of amides is 2. The maximum Gasteiger partial charge on any atom is 0.250 e. The smallest absolute Gasteiger partial charge is 0.250 e. The van der Waals surface area contributed by atoms with Gasteiger partial charge in [-0.3, -0.25) is 14.5 Å². The molecule has 1 aromatic carbocycles. The molecule has 4 heteroatoms. The van der Waals surface area contributed by atoms with Crippen molar-refractivity contribution in [3.63, 3.8) is 0 Å². The molecule has 1 N–H and O–H groups in total. The van der Waals surface area contributed by atoms with E-state index in [9.17, 15) is 9.59 Å².